The van der Waals surface area contributed by atoms with Gasteiger partial charge in [-0.3, -0.25) is 9.59 Å². The van der Waals surface area contributed by atoms with Crippen LogP contribution in [0.4, 0.5) is 0 Å². The van der Waals surface area contributed by atoms with Crippen molar-refractivity contribution in [2.45, 2.75) is 57.4 Å². The Kier molecular flexibility index (Phi) is 4.75. The third-order valence-corrected chi connectivity index (χ3v) is 4.23. The number of Topliss-reactive ketones (excluding diaryl/α,β-unsaturated/α-hetero) is 1. The molecular weight excluding hydrogens is 230 g/mol. The first kappa shape index (κ1) is 13.5. The summed E-state index contributed by atoms with van der Waals surface area (Å²) in [6.45, 7) is 0.00288. The van der Waals surface area contributed by atoms with Crippen molar-refractivity contribution in [2.75, 3.05) is 6.61 Å². The number of rotatable bonds is 5. The van der Waals surface area contributed by atoms with Crippen LogP contribution in [0, 0.1) is 11.8 Å². The van der Waals surface area contributed by atoms with E-state index in [9.17, 15) is 14.7 Å². The van der Waals surface area contributed by atoms with Crippen LogP contribution in [0.25, 0.3) is 0 Å². The van der Waals surface area contributed by atoms with E-state index in [2.05, 4.69) is 5.32 Å². The maximum Gasteiger partial charge on any atom is 0.224 e. The average Bonchev–Trinajstić information content (AvgIpc) is 2.35. The highest BCUT2D eigenvalue weighted by Crippen LogP contribution is 2.28. The fraction of sp³-hybridized carbons (Fsp3) is 0.857. The van der Waals surface area contributed by atoms with Crippen LogP contribution in [0.3, 0.4) is 0 Å². The molecule has 0 aromatic carbocycles. The number of aliphatic hydroxyl groups is 1. The SMILES string of the molecule is O=C1CC(C(=O)NC(CO)CC2CCCCC2)C1. The van der Waals surface area contributed by atoms with Crippen molar-refractivity contribution < 1.29 is 14.7 Å². The van der Waals surface area contributed by atoms with Crippen molar-refractivity contribution in [3.8, 4) is 0 Å². The maximum absolute atomic E-state index is 11.8. The van der Waals surface area contributed by atoms with E-state index in [-0.39, 0.29) is 30.3 Å². The molecule has 0 spiro atoms. The molecule has 0 saturated heterocycles. The molecule has 2 aliphatic carbocycles. The molecule has 18 heavy (non-hydrogen) atoms. The molecule has 2 N–H and O–H groups in total. The Morgan fingerprint density at radius 1 is 1.28 bits per heavy atom. The summed E-state index contributed by atoms with van der Waals surface area (Å²) < 4.78 is 0. The Balaban J connectivity index is 1.74. The van der Waals surface area contributed by atoms with E-state index in [1.54, 1.807) is 0 Å². The Bertz CT molecular complexity index is 302. The first-order chi connectivity index (χ1) is 8.69. The van der Waals surface area contributed by atoms with Gasteiger partial charge in [0.1, 0.15) is 5.78 Å². The van der Waals surface area contributed by atoms with Crippen LogP contribution in [-0.2, 0) is 9.59 Å². The molecule has 1 atom stereocenters. The first-order valence-corrected chi connectivity index (χ1v) is 7.12. The van der Waals surface area contributed by atoms with Crippen LogP contribution in [0.15, 0.2) is 0 Å². The number of ketones is 1. The second-order valence-electron chi connectivity index (χ2n) is 5.77. The van der Waals surface area contributed by atoms with E-state index in [1.165, 1.54) is 32.1 Å². The Labute approximate surface area is 108 Å². The molecule has 0 heterocycles. The minimum atomic E-state index is -0.141. The molecule has 1 unspecified atom stereocenters. The molecule has 2 aliphatic rings. The largest absolute Gasteiger partial charge is 0.394 e. The van der Waals surface area contributed by atoms with Gasteiger partial charge in [0, 0.05) is 12.8 Å². The lowest BCUT2D eigenvalue weighted by Crippen LogP contribution is -2.45. The predicted molar refractivity (Wildman–Crippen MR) is 67.9 cm³/mol. The lowest BCUT2D eigenvalue weighted by molar-refractivity contribution is -0.138. The number of hydrogen-bond donors (Lipinski definition) is 2. The van der Waals surface area contributed by atoms with Crippen molar-refractivity contribution in [3.05, 3.63) is 0 Å². The van der Waals surface area contributed by atoms with Gasteiger partial charge in [-0.15, -0.1) is 0 Å². The minimum Gasteiger partial charge on any atom is -0.394 e. The van der Waals surface area contributed by atoms with E-state index in [1.807, 2.05) is 0 Å². The number of aliphatic hydroxyl groups excluding tert-OH is 1. The number of amides is 1. The van der Waals surface area contributed by atoms with E-state index in [0.29, 0.717) is 18.8 Å². The number of nitrogens with one attached hydrogen (secondary N) is 1. The molecular formula is C14H23NO3. The van der Waals surface area contributed by atoms with Crippen molar-refractivity contribution in [3.63, 3.8) is 0 Å². The molecule has 0 aromatic rings. The third kappa shape index (κ3) is 3.55. The van der Waals surface area contributed by atoms with Gasteiger partial charge in [0.15, 0.2) is 0 Å². The van der Waals surface area contributed by atoms with Crippen LogP contribution < -0.4 is 5.32 Å². The van der Waals surface area contributed by atoms with Gasteiger partial charge in [0.05, 0.1) is 18.6 Å². The fourth-order valence-corrected chi connectivity index (χ4v) is 3.00. The van der Waals surface area contributed by atoms with Crippen LogP contribution in [0.2, 0.25) is 0 Å². The van der Waals surface area contributed by atoms with Crippen LogP contribution in [0.5, 0.6) is 0 Å². The topological polar surface area (TPSA) is 66.4 Å². The van der Waals surface area contributed by atoms with Crippen molar-refractivity contribution in [1.82, 2.24) is 5.32 Å². The summed E-state index contributed by atoms with van der Waals surface area (Å²) in [6, 6.07) is -0.128. The minimum absolute atomic E-state index is 0.00288. The smallest absolute Gasteiger partial charge is 0.224 e. The molecule has 2 fully saturated rings. The number of carbonyl (C=O) groups is 2. The van der Waals surface area contributed by atoms with Gasteiger partial charge in [0.25, 0.3) is 0 Å². The van der Waals surface area contributed by atoms with Gasteiger partial charge in [-0.1, -0.05) is 32.1 Å². The zero-order valence-corrected chi connectivity index (χ0v) is 10.9. The van der Waals surface area contributed by atoms with Crippen LogP contribution in [-0.4, -0.2) is 29.4 Å². The summed E-state index contributed by atoms with van der Waals surface area (Å²) in [4.78, 5) is 22.7. The van der Waals surface area contributed by atoms with Crippen LogP contribution in [0.1, 0.15) is 51.4 Å². The second kappa shape index (κ2) is 6.32. The van der Waals surface area contributed by atoms with E-state index >= 15 is 0 Å². The molecule has 4 heteroatoms. The zero-order valence-electron chi connectivity index (χ0n) is 10.9. The molecule has 4 nitrogen and oxygen atoms in total. The predicted octanol–water partition coefficient (Wildman–Crippen LogP) is 1.41. The zero-order chi connectivity index (χ0) is 13.0. The quantitative estimate of drug-likeness (QED) is 0.778. The lowest BCUT2D eigenvalue weighted by Gasteiger charge is -2.29. The van der Waals surface area contributed by atoms with Gasteiger partial charge in [-0.2, -0.15) is 0 Å². The van der Waals surface area contributed by atoms with Gasteiger partial charge in [0.2, 0.25) is 5.91 Å². The molecule has 0 bridgehead atoms. The summed E-state index contributed by atoms with van der Waals surface area (Å²) in [5.74, 6) is 0.615. The van der Waals surface area contributed by atoms with Gasteiger partial charge >= 0.3 is 0 Å². The van der Waals surface area contributed by atoms with Gasteiger partial charge in [-0.05, 0) is 12.3 Å². The van der Waals surface area contributed by atoms with Crippen molar-refractivity contribution in [2.24, 2.45) is 11.8 Å². The summed E-state index contributed by atoms with van der Waals surface area (Å²) >= 11 is 0. The summed E-state index contributed by atoms with van der Waals surface area (Å²) in [7, 11) is 0. The van der Waals surface area contributed by atoms with Crippen LogP contribution >= 0.6 is 0 Å². The van der Waals surface area contributed by atoms with Crippen molar-refractivity contribution in [1.29, 1.82) is 0 Å². The van der Waals surface area contributed by atoms with E-state index in [0.717, 1.165) is 6.42 Å². The molecule has 0 aliphatic heterocycles. The van der Waals surface area contributed by atoms with E-state index < -0.39 is 0 Å². The molecule has 102 valence electrons. The van der Waals surface area contributed by atoms with Gasteiger partial charge < -0.3 is 10.4 Å². The fourth-order valence-electron chi connectivity index (χ4n) is 3.00. The molecule has 1 amide bonds. The highest BCUT2D eigenvalue weighted by molar-refractivity contribution is 5.96. The second-order valence-corrected chi connectivity index (χ2v) is 5.77. The monoisotopic (exact) mass is 253 g/mol. The standard InChI is InChI=1S/C14H23NO3/c16-9-12(6-10-4-2-1-3-5-10)15-14(18)11-7-13(17)8-11/h10-12,16H,1-9H2,(H,15,18). The average molecular weight is 253 g/mol. The van der Waals surface area contributed by atoms with Crippen molar-refractivity contribution >= 4 is 11.7 Å². The lowest BCUT2D eigenvalue weighted by atomic mass is 9.82. The maximum atomic E-state index is 11.8. The normalized spacial score (nSPS) is 23.5. The Morgan fingerprint density at radius 2 is 1.94 bits per heavy atom. The molecule has 0 aromatic heterocycles. The molecule has 2 saturated carbocycles. The van der Waals surface area contributed by atoms with Gasteiger partial charge in [-0.25, -0.2) is 0 Å². The summed E-state index contributed by atoms with van der Waals surface area (Å²) in [5, 5.41) is 12.2. The highest BCUT2D eigenvalue weighted by Gasteiger charge is 2.33. The Hall–Kier alpha value is -0.900. The third-order valence-electron chi connectivity index (χ3n) is 4.23. The molecule has 2 rings (SSSR count). The number of carbonyl (C=O) groups excluding carboxylic acids is 2. The molecule has 0 radical (unpaired) electrons. The highest BCUT2D eigenvalue weighted by atomic mass is 16.3. The summed E-state index contributed by atoms with van der Waals surface area (Å²) in [5.41, 5.74) is 0. The summed E-state index contributed by atoms with van der Waals surface area (Å²) in [6.07, 6.45) is 7.94. The number of hydrogen-bond acceptors (Lipinski definition) is 3. The Morgan fingerprint density at radius 3 is 2.50 bits per heavy atom. The first-order valence-electron chi connectivity index (χ1n) is 7.12. The van der Waals surface area contributed by atoms with E-state index in [4.69, 9.17) is 0 Å².